The second-order valence-electron chi connectivity index (χ2n) is 4.63. The molecule has 0 spiro atoms. The van der Waals surface area contributed by atoms with Crippen molar-refractivity contribution in [2.45, 2.75) is 19.4 Å². The maximum atomic E-state index is 11.4. The number of rotatable bonds is 7. The number of carbonyl (C=O) groups is 1. The third-order valence-corrected chi connectivity index (χ3v) is 3.18. The van der Waals surface area contributed by atoms with Crippen LogP contribution in [0.5, 0.6) is 0 Å². The van der Waals surface area contributed by atoms with E-state index in [1.807, 2.05) is 7.05 Å². The first-order valence-corrected chi connectivity index (χ1v) is 6.76. The monoisotopic (exact) mass is 259 g/mol. The number of fused-ring (bicyclic) bond motifs is 1. The van der Waals surface area contributed by atoms with E-state index < -0.39 is 0 Å². The summed E-state index contributed by atoms with van der Waals surface area (Å²) in [4.78, 5) is 11.4. The molecule has 1 heterocycles. The van der Waals surface area contributed by atoms with Gasteiger partial charge in [0, 0.05) is 37.8 Å². The van der Waals surface area contributed by atoms with Crippen molar-refractivity contribution >= 4 is 16.8 Å². The molecular formula is C15H21N3O. The number of aryl methyl sites for hydroxylation is 1. The van der Waals surface area contributed by atoms with Gasteiger partial charge in [-0.2, -0.15) is 0 Å². The van der Waals surface area contributed by atoms with Gasteiger partial charge in [0.05, 0.1) is 0 Å². The Bertz CT molecular complexity index is 533. The van der Waals surface area contributed by atoms with Gasteiger partial charge in [-0.3, -0.25) is 4.79 Å². The number of benzene rings is 1. The van der Waals surface area contributed by atoms with Gasteiger partial charge in [-0.05, 0) is 31.0 Å². The first kappa shape index (κ1) is 13.6. The summed E-state index contributed by atoms with van der Waals surface area (Å²) < 4.78 is 2.23. The van der Waals surface area contributed by atoms with Crippen LogP contribution < -0.4 is 10.6 Å². The predicted molar refractivity (Wildman–Crippen MR) is 78.1 cm³/mol. The highest BCUT2D eigenvalue weighted by molar-refractivity contribution is 5.79. The van der Waals surface area contributed by atoms with Crippen LogP contribution in [0.15, 0.2) is 36.5 Å². The van der Waals surface area contributed by atoms with Crippen molar-refractivity contribution < 1.29 is 4.79 Å². The molecule has 4 nitrogen and oxygen atoms in total. The smallest absolute Gasteiger partial charge is 0.221 e. The highest BCUT2D eigenvalue weighted by atomic mass is 16.1. The second kappa shape index (κ2) is 6.95. The van der Waals surface area contributed by atoms with Crippen molar-refractivity contribution in [2.75, 3.05) is 20.1 Å². The molecular weight excluding hydrogens is 238 g/mol. The van der Waals surface area contributed by atoms with E-state index in [-0.39, 0.29) is 5.91 Å². The zero-order valence-corrected chi connectivity index (χ0v) is 11.4. The van der Waals surface area contributed by atoms with Gasteiger partial charge in [0.2, 0.25) is 5.91 Å². The lowest BCUT2D eigenvalue weighted by Gasteiger charge is -2.07. The molecule has 0 saturated carbocycles. The maximum Gasteiger partial charge on any atom is 0.221 e. The van der Waals surface area contributed by atoms with Crippen LogP contribution in [0.2, 0.25) is 0 Å². The quantitative estimate of drug-likeness (QED) is 0.744. The minimum absolute atomic E-state index is 0.117. The highest BCUT2D eigenvalue weighted by Gasteiger charge is 2.01. The zero-order valence-electron chi connectivity index (χ0n) is 11.4. The van der Waals surface area contributed by atoms with E-state index in [4.69, 9.17) is 0 Å². The molecule has 1 amide bonds. The van der Waals surface area contributed by atoms with Crippen LogP contribution in [-0.2, 0) is 11.3 Å². The number of hydrogen-bond donors (Lipinski definition) is 2. The minimum atomic E-state index is 0.117. The molecule has 2 aromatic rings. The van der Waals surface area contributed by atoms with Crippen LogP contribution in [0.4, 0.5) is 0 Å². The van der Waals surface area contributed by atoms with Crippen LogP contribution in [-0.4, -0.2) is 30.6 Å². The fourth-order valence-corrected chi connectivity index (χ4v) is 2.14. The van der Waals surface area contributed by atoms with E-state index in [0.29, 0.717) is 6.42 Å². The van der Waals surface area contributed by atoms with Gasteiger partial charge in [0.25, 0.3) is 0 Å². The molecule has 0 fully saturated rings. The number of aromatic nitrogens is 1. The average Bonchev–Trinajstić information content (AvgIpc) is 2.85. The van der Waals surface area contributed by atoms with E-state index in [2.05, 4.69) is 51.7 Å². The maximum absolute atomic E-state index is 11.4. The fraction of sp³-hybridized carbons (Fsp3) is 0.400. The van der Waals surface area contributed by atoms with E-state index >= 15 is 0 Å². The largest absolute Gasteiger partial charge is 0.356 e. The van der Waals surface area contributed by atoms with E-state index in [9.17, 15) is 4.79 Å². The minimum Gasteiger partial charge on any atom is -0.356 e. The lowest BCUT2D eigenvalue weighted by atomic mass is 10.2. The molecule has 0 aliphatic carbocycles. The molecule has 0 aliphatic heterocycles. The van der Waals surface area contributed by atoms with Crippen LogP contribution in [0.1, 0.15) is 12.8 Å². The number of amides is 1. The van der Waals surface area contributed by atoms with E-state index in [0.717, 1.165) is 26.1 Å². The third-order valence-electron chi connectivity index (χ3n) is 3.18. The Kier molecular flexibility index (Phi) is 4.98. The van der Waals surface area contributed by atoms with Crippen LogP contribution in [0.25, 0.3) is 10.9 Å². The van der Waals surface area contributed by atoms with Crippen molar-refractivity contribution in [1.82, 2.24) is 15.2 Å². The van der Waals surface area contributed by atoms with E-state index in [1.54, 1.807) is 0 Å². The average molecular weight is 259 g/mol. The zero-order chi connectivity index (χ0) is 13.5. The Balaban J connectivity index is 1.75. The number of hydrogen-bond acceptors (Lipinski definition) is 2. The summed E-state index contributed by atoms with van der Waals surface area (Å²) in [6, 6.07) is 10.5. The lowest BCUT2D eigenvalue weighted by Crippen LogP contribution is -2.27. The molecule has 0 unspecified atom stereocenters. The molecule has 0 radical (unpaired) electrons. The number of para-hydroxylation sites is 1. The summed E-state index contributed by atoms with van der Waals surface area (Å²) in [5, 5.41) is 7.17. The van der Waals surface area contributed by atoms with Crippen molar-refractivity contribution in [3.05, 3.63) is 36.5 Å². The second-order valence-corrected chi connectivity index (χ2v) is 4.63. The molecule has 102 valence electrons. The first-order chi connectivity index (χ1) is 9.31. The Morgan fingerprint density at radius 3 is 2.89 bits per heavy atom. The Hall–Kier alpha value is -1.81. The normalized spacial score (nSPS) is 10.8. The van der Waals surface area contributed by atoms with Crippen LogP contribution >= 0.6 is 0 Å². The SMILES string of the molecule is CNCCC(=O)NCCCn1ccc2ccccc21. The van der Waals surface area contributed by atoms with Crippen LogP contribution in [0, 0.1) is 0 Å². The molecule has 2 N–H and O–H groups in total. The van der Waals surface area contributed by atoms with Gasteiger partial charge in [-0.15, -0.1) is 0 Å². The number of nitrogens with one attached hydrogen (secondary N) is 2. The van der Waals surface area contributed by atoms with Gasteiger partial charge < -0.3 is 15.2 Å². The molecule has 0 atom stereocenters. The van der Waals surface area contributed by atoms with Gasteiger partial charge in [-0.1, -0.05) is 18.2 Å². The summed E-state index contributed by atoms with van der Waals surface area (Å²) in [6.07, 6.45) is 3.60. The fourth-order valence-electron chi connectivity index (χ4n) is 2.14. The van der Waals surface area contributed by atoms with Crippen molar-refractivity contribution in [1.29, 1.82) is 0 Å². The summed E-state index contributed by atoms with van der Waals surface area (Å²) in [7, 11) is 1.85. The summed E-state index contributed by atoms with van der Waals surface area (Å²) >= 11 is 0. The lowest BCUT2D eigenvalue weighted by molar-refractivity contribution is -0.120. The van der Waals surface area contributed by atoms with Crippen molar-refractivity contribution in [3.63, 3.8) is 0 Å². The van der Waals surface area contributed by atoms with E-state index in [1.165, 1.54) is 10.9 Å². The number of carbonyl (C=O) groups excluding carboxylic acids is 1. The molecule has 2 rings (SSSR count). The van der Waals surface area contributed by atoms with Crippen LogP contribution in [0.3, 0.4) is 0 Å². The molecule has 1 aromatic carbocycles. The highest BCUT2D eigenvalue weighted by Crippen LogP contribution is 2.15. The van der Waals surface area contributed by atoms with Gasteiger partial charge in [0.15, 0.2) is 0 Å². The first-order valence-electron chi connectivity index (χ1n) is 6.76. The van der Waals surface area contributed by atoms with Gasteiger partial charge >= 0.3 is 0 Å². The van der Waals surface area contributed by atoms with Gasteiger partial charge in [0.1, 0.15) is 0 Å². The number of nitrogens with zero attached hydrogens (tertiary/aromatic N) is 1. The van der Waals surface area contributed by atoms with Crippen molar-refractivity contribution in [2.24, 2.45) is 0 Å². The Labute approximate surface area is 113 Å². The summed E-state index contributed by atoms with van der Waals surface area (Å²) in [6.45, 7) is 2.39. The molecule has 19 heavy (non-hydrogen) atoms. The Morgan fingerprint density at radius 2 is 2.05 bits per heavy atom. The standard InChI is InChI=1S/C15H21N3O/c1-16-10-7-15(19)17-9-4-11-18-12-8-13-5-2-3-6-14(13)18/h2-3,5-6,8,12,16H,4,7,9-11H2,1H3,(H,17,19). The molecule has 1 aromatic heterocycles. The molecule has 0 aliphatic rings. The molecule has 0 saturated heterocycles. The summed E-state index contributed by atoms with van der Waals surface area (Å²) in [5.41, 5.74) is 1.25. The van der Waals surface area contributed by atoms with Crippen molar-refractivity contribution in [3.8, 4) is 0 Å². The third kappa shape index (κ3) is 3.83. The Morgan fingerprint density at radius 1 is 1.21 bits per heavy atom. The molecule has 0 bridgehead atoms. The topological polar surface area (TPSA) is 46.1 Å². The molecule has 4 heteroatoms. The summed E-state index contributed by atoms with van der Waals surface area (Å²) in [5.74, 6) is 0.117. The van der Waals surface area contributed by atoms with Gasteiger partial charge in [-0.25, -0.2) is 0 Å². The predicted octanol–water partition coefficient (Wildman–Crippen LogP) is 1.76.